The van der Waals surface area contributed by atoms with Crippen molar-refractivity contribution in [1.82, 2.24) is 26.6 Å². The number of rotatable bonds is 16. The van der Waals surface area contributed by atoms with E-state index >= 15 is 0 Å². The van der Waals surface area contributed by atoms with Crippen LogP contribution in [0.2, 0.25) is 0 Å². The molecule has 0 saturated carbocycles. The summed E-state index contributed by atoms with van der Waals surface area (Å²) in [5.41, 5.74) is 6.85. The van der Waals surface area contributed by atoms with Crippen LogP contribution in [0.5, 0.6) is 0 Å². The molecule has 1 rings (SSSR count). The largest absolute Gasteiger partial charge is 0.361 e. The molecule has 0 bridgehead atoms. The first kappa shape index (κ1) is 33.4. The van der Waals surface area contributed by atoms with Gasteiger partial charge in [0.25, 0.3) is 0 Å². The summed E-state index contributed by atoms with van der Waals surface area (Å²) < 4.78 is 0. The number of hydrogen-bond donors (Lipinski definition) is 7. The number of amides is 4. The van der Waals surface area contributed by atoms with Gasteiger partial charge in [0.05, 0.1) is 12.1 Å². The Morgan fingerprint density at radius 3 is 1.97 bits per heavy atom. The maximum Gasteiger partial charge on any atom is 0.243 e. The number of likely N-dealkylation sites (N-methyl/N-ethyl adjacent to an activating group) is 1. The molecule has 1 unspecified atom stereocenters. The molecular weight excluding hydrogens is 508 g/mol. The summed E-state index contributed by atoms with van der Waals surface area (Å²) in [6.45, 7) is 7.09. The number of carbonyl (C=O) groups excluding carboxylic acids is 4. The van der Waals surface area contributed by atoms with Gasteiger partial charge in [0.1, 0.15) is 12.1 Å². The van der Waals surface area contributed by atoms with E-state index in [1.807, 2.05) is 36.6 Å². The van der Waals surface area contributed by atoms with Crippen molar-refractivity contribution in [3.8, 4) is 0 Å². The highest BCUT2D eigenvalue weighted by molar-refractivity contribution is 7.98. The van der Waals surface area contributed by atoms with Crippen molar-refractivity contribution in [2.75, 3.05) is 19.1 Å². The van der Waals surface area contributed by atoms with Crippen molar-refractivity contribution >= 4 is 35.4 Å². The molecular formula is C26H44N6O5S. The summed E-state index contributed by atoms with van der Waals surface area (Å²) in [5, 5.41) is 23.5. The predicted octanol–water partition coefficient (Wildman–Crippen LogP) is -0.313. The first-order valence-electron chi connectivity index (χ1n) is 12.8. The Kier molecular flexibility index (Phi) is 14.9. The highest BCUT2D eigenvalue weighted by Gasteiger charge is 2.32. The van der Waals surface area contributed by atoms with E-state index in [4.69, 9.17) is 5.73 Å². The number of aliphatic hydroxyl groups excluding tert-OH is 1. The molecule has 38 heavy (non-hydrogen) atoms. The Morgan fingerprint density at radius 1 is 0.868 bits per heavy atom. The van der Waals surface area contributed by atoms with Crippen molar-refractivity contribution in [3.05, 3.63) is 35.9 Å². The molecule has 0 aliphatic rings. The van der Waals surface area contributed by atoms with Crippen LogP contribution in [0.15, 0.2) is 30.3 Å². The number of nitrogens with two attached hydrogens (primary N) is 1. The standard InChI is InChI=1S/C26H44N6O5S/c1-15(2)20(24(35)29-19(12-13-38-6)23(34)28-5)30-25(36)21(16(3)4)31-26(37)32-22(33)18(27)14-17-10-8-7-9-11-17/h7-11,15-16,18-21,26,31,37H,12-14,27H2,1-6H3,(H,28,34)(H,29,35)(H,30,36)(H,32,33)/t18-,19-,20+,21-,26?/m0/s1. The van der Waals surface area contributed by atoms with E-state index in [0.29, 0.717) is 12.2 Å². The summed E-state index contributed by atoms with van der Waals surface area (Å²) in [4.78, 5) is 50.9. The lowest BCUT2D eigenvalue weighted by atomic mass is 9.99. The van der Waals surface area contributed by atoms with Gasteiger partial charge in [0.15, 0.2) is 6.35 Å². The molecule has 1 aromatic rings. The lowest BCUT2D eigenvalue weighted by Gasteiger charge is -2.30. The van der Waals surface area contributed by atoms with Gasteiger partial charge in [-0.2, -0.15) is 11.8 Å². The molecule has 0 heterocycles. The van der Waals surface area contributed by atoms with Gasteiger partial charge < -0.3 is 32.1 Å². The Morgan fingerprint density at radius 2 is 1.45 bits per heavy atom. The Balaban J connectivity index is 2.82. The van der Waals surface area contributed by atoms with Gasteiger partial charge in [0, 0.05) is 7.05 Å². The number of benzene rings is 1. The number of aliphatic hydroxyl groups is 1. The molecule has 4 amide bonds. The normalized spacial score (nSPS) is 15.2. The summed E-state index contributed by atoms with van der Waals surface area (Å²) in [6, 6.07) is 5.77. The summed E-state index contributed by atoms with van der Waals surface area (Å²) in [6.07, 6.45) is 1.09. The lowest BCUT2D eigenvalue weighted by molar-refractivity contribution is -0.135. The van der Waals surface area contributed by atoms with Crippen LogP contribution < -0.4 is 32.3 Å². The summed E-state index contributed by atoms with van der Waals surface area (Å²) in [5.74, 6) is -1.81. The lowest BCUT2D eigenvalue weighted by Crippen LogP contribution is -2.61. The Bertz CT molecular complexity index is 901. The van der Waals surface area contributed by atoms with E-state index < -0.39 is 48.2 Å². The van der Waals surface area contributed by atoms with Crippen LogP contribution in [0.3, 0.4) is 0 Å². The highest BCUT2D eigenvalue weighted by Crippen LogP contribution is 2.09. The molecule has 214 valence electrons. The highest BCUT2D eigenvalue weighted by atomic mass is 32.2. The molecule has 0 saturated heterocycles. The molecule has 0 aliphatic carbocycles. The third-order valence-corrected chi connectivity index (χ3v) is 6.58. The Hall–Kier alpha value is -2.67. The minimum Gasteiger partial charge on any atom is -0.361 e. The zero-order chi connectivity index (χ0) is 28.8. The maximum absolute atomic E-state index is 13.2. The van der Waals surface area contributed by atoms with Gasteiger partial charge in [-0.25, -0.2) is 0 Å². The molecule has 0 fully saturated rings. The topological polar surface area (TPSA) is 175 Å². The number of thioether (sulfide) groups is 1. The fourth-order valence-electron chi connectivity index (χ4n) is 3.70. The minimum absolute atomic E-state index is 0.279. The minimum atomic E-state index is -1.54. The third kappa shape index (κ3) is 11.4. The van der Waals surface area contributed by atoms with E-state index in [9.17, 15) is 24.3 Å². The average molecular weight is 553 g/mol. The zero-order valence-electron chi connectivity index (χ0n) is 23.1. The van der Waals surface area contributed by atoms with Crippen LogP contribution >= 0.6 is 11.8 Å². The van der Waals surface area contributed by atoms with Gasteiger partial charge in [-0.1, -0.05) is 58.0 Å². The molecule has 5 atom stereocenters. The molecule has 11 nitrogen and oxygen atoms in total. The second-order valence-electron chi connectivity index (χ2n) is 9.78. The first-order valence-corrected chi connectivity index (χ1v) is 14.2. The van der Waals surface area contributed by atoms with Gasteiger partial charge in [-0.15, -0.1) is 0 Å². The van der Waals surface area contributed by atoms with Crippen molar-refractivity contribution in [2.24, 2.45) is 17.6 Å². The van der Waals surface area contributed by atoms with Crippen LogP contribution in [0.25, 0.3) is 0 Å². The molecule has 0 radical (unpaired) electrons. The van der Waals surface area contributed by atoms with Crippen LogP contribution in [0, 0.1) is 11.8 Å². The molecule has 0 spiro atoms. The second kappa shape index (κ2) is 17.0. The second-order valence-corrected chi connectivity index (χ2v) is 10.8. The van der Waals surface area contributed by atoms with Gasteiger partial charge in [0.2, 0.25) is 23.6 Å². The van der Waals surface area contributed by atoms with E-state index in [1.165, 1.54) is 7.05 Å². The maximum atomic E-state index is 13.2. The fourth-order valence-corrected chi connectivity index (χ4v) is 4.17. The average Bonchev–Trinajstić information content (AvgIpc) is 2.87. The zero-order valence-corrected chi connectivity index (χ0v) is 23.9. The predicted molar refractivity (Wildman–Crippen MR) is 150 cm³/mol. The molecule has 0 aliphatic heterocycles. The quantitative estimate of drug-likeness (QED) is 0.137. The van der Waals surface area contributed by atoms with E-state index in [-0.39, 0.29) is 24.2 Å². The van der Waals surface area contributed by atoms with Crippen molar-refractivity contribution < 1.29 is 24.3 Å². The van der Waals surface area contributed by atoms with Crippen LogP contribution in [-0.4, -0.2) is 78.3 Å². The van der Waals surface area contributed by atoms with Gasteiger partial charge in [-0.05, 0) is 42.2 Å². The van der Waals surface area contributed by atoms with Crippen molar-refractivity contribution in [2.45, 2.75) is 71.1 Å². The molecule has 8 N–H and O–H groups in total. The van der Waals surface area contributed by atoms with Gasteiger partial charge >= 0.3 is 0 Å². The third-order valence-electron chi connectivity index (χ3n) is 5.94. The SMILES string of the molecule is CNC(=O)[C@H](CCSC)NC(=O)[C@H](NC(=O)[C@@H](NC(O)NC(=O)[C@@H](N)Cc1ccccc1)C(C)C)C(C)C. The number of hydrogen-bond acceptors (Lipinski definition) is 8. The van der Waals surface area contributed by atoms with E-state index in [2.05, 4.69) is 26.6 Å². The number of nitrogens with one attached hydrogen (secondary N) is 5. The Labute approximate surface area is 229 Å². The van der Waals surface area contributed by atoms with E-state index in [1.54, 1.807) is 39.5 Å². The van der Waals surface area contributed by atoms with Crippen LogP contribution in [-0.2, 0) is 25.6 Å². The summed E-state index contributed by atoms with van der Waals surface area (Å²) >= 11 is 1.56. The van der Waals surface area contributed by atoms with Gasteiger partial charge in [-0.3, -0.25) is 24.5 Å². The molecule has 12 heteroatoms. The van der Waals surface area contributed by atoms with E-state index in [0.717, 1.165) is 5.56 Å². The first-order chi connectivity index (χ1) is 17.9. The number of carbonyl (C=O) groups is 4. The van der Waals surface area contributed by atoms with Crippen molar-refractivity contribution in [3.63, 3.8) is 0 Å². The van der Waals surface area contributed by atoms with Crippen LogP contribution in [0.1, 0.15) is 39.7 Å². The molecule has 0 aromatic heterocycles. The van der Waals surface area contributed by atoms with Crippen molar-refractivity contribution in [1.29, 1.82) is 0 Å². The van der Waals surface area contributed by atoms with Crippen LogP contribution in [0.4, 0.5) is 0 Å². The smallest absolute Gasteiger partial charge is 0.243 e. The summed E-state index contributed by atoms with van der Waals surface area (Å²) in [7, 11) is 1.50. The molecule has 1 aromatic carbocycles. The monoisotopic (exact) mass is 552 g/mol. The fraction of sp³-hybridized carbons (Fsp3) is 0.615.